The van der Waals surface area contributed by atoms with Crippen LogP contribution in [0.15, 0.2) is 60.7 Å². The lowest BCUT2D eigenvalue weighted by Crippen LogP contribution is -2.39. The zero-order valence-corrected chi connectivity index (χ0v) is 12.4. The molecule has 1 atom stereocenters. The minimum absolute atomic E-state index is 0.0724. The van der Waals surface area contributed by atoms with Crippen LogP contribution in [0.25, 0.3) is 0 Å². The van der Waals surface area contributed by atoms with Crippen molar-refractivity contribution >= 4 is 9.84 Å². The normalized spacial score (nSPS) is 21.3. The van der Waals surface area contributed by atoms with Gasteiger partial charge in [0.15, 0.2) is 15.5 Å². The monoisotopic (exact) mass is 304 g/mol. The quantitative estimate of drug-likeness (QED) is 0.870. The van der Waals surface area contributed by atoms with Crippen LogP contribution >= 0.6 is 0 Å². The van der Waals surface area contributed by atoms with Crippen LogP contribution in [-0.2, 0) is 15.5 Å². The predicted octanol–water partition coefficient (Wildman–Crippen LogP) is 3.48. The molecule has 1 aliphatic rings. The van der Waals surface area contributed by atoms with Crippen molar-refractivity contribution in [3.8, 4) is 0 Å². The molecule has 4 heteroatoms. The Hall–Kier alpha value is -1.68. The summed E-state index contributed by atoms with van der Waals surface area (Å²) < 4.78 is 40.7. The minimum atomic E-state index is -3.42. The molecular weight excluding hydrogens is 287 g/mol. The molecule has 21 heavy (non-hydrogen) atoms. The van der Waals surface area contributed by atoms with Gasteiger partial charge in [0.05, 0.1) is 5.75 Å². The molecule has 1 heterocycles. The van der Waals surface area contributed by atoms with E-state index in [4.69, 9.17) is 0 Å². The Labute approximate surface area is 124 Å². The summed E-state index contributed by atoms with van der Waals surface area (Å²) in [7, 11) is -3.42. The first-order valence-corrected chi connectivity index (χ1v) is 8.78. The van der Waals surface area contributed by atoms with E-state index < -0.39 is 20.8 Å². The summed E-state index contributed by atoms with van der Waals surface area (Å²) >= 11 is 0. The highest BCUT2D eigenvalue weighted by molar-refractivity contribution is 7.92. The maximum atomic E-state index is 16.1. The van der Waals surface area contributed by atoms with Crippen LogP contribution < -0.4 is 0 Å². The van der Waals surface area contributed by atoms with Gasteiger partial charge < -0.3 is 0 Å². The van der Waals surface area contributed by atoms with Crippen LogP contribution in [0.3, 0.4) is 0 Å². The number of benzene rings is 2. The van der Waals surface area contributed by atoms with Gasteiger partial charge in [0.1, 0.15) is 5.25 Å². The van der Waals surface area contributed by atoms with E-state index in [9.17, 15) is 8.42 Å². The fourth-order valence-electron chi connectivity index (χ4n) is 3.14. The van der Waals surface area contributed by atoms with Gasteiger partial charge in [-0.15, -0.1) is 0 Å². The second-order valence-corrected chi connectivity index (χ2v) is 7.74. The molecule has 0 radical (unpaired) electrons. The first kappa shape index (κ1) is 14.3. The molecule has 0 aliphatic carbocycles. The Balaban J connectivity index is 2.21. The Kier molecular flexibility index (Phi) is 3.57. The predicted molar refractivity (Wildman–Crippen MR) is 81.6 cm³/mol. The molecule has 3 rings (SSSR count). The topological polar surface area (TPSA) is 34.1 Å². The summed E-state index contributed by atoms with van der Waals surface area (Å²) in [5.74, 6) is 0.0724. The van der Waals surface area contributed by atoms with E-state index in [1.54, 1.807) is 60.7 Å². The highest BCUT2D eigenvalue weighted by atomic mass is 32.2. The van der Waals surface area contributed by atoms with Gasteiger partial charge in [0.2, 0.25) is 0 Å². The molecule has 1 saturated heterocycles. The number of sulfone groups is 1. The third-order valence-corrected chi connectivity index (χ3v) is 6.45. The fraction of sp³-hybridized carbons (Fsp3) is 0.294. The average Bonchev–Trinajstić information content (AvgIpc) is 2.88. The van der Waals surface area contributed by atoms with Crippen LogP contribution in [-0.4, -0.2) is 19.4 Å². The molecule has 0 aromatic heterocycles. The van der Waals surface area contributed by atoms with Gasteiger partial charge in [-0.2, -0.15) is 0 Å². The SMILES string of the molecule is O=S1(=O)CCC[C@H]1C(F)(c1ccccc1)c1ccccc1. The van der Waals surface area contributed by atoms with Crippen molar-refractivity contribution in [1.82, 2.24) is 0 Å². The van der Waals surface area contributed by atoms with E-state index in [0.29, 0.717) is 24.0 Å². The molecule has 0 saturated carbocycles. The summed E-state index contributed by atoms with van der Waals surface area (Å²) in [6.07, 6.45) is 0.890. The molecule has 110 valence electrons. The van der Waals surface area contributed by atoms with Gasteiger partial charge >= 0.3 is 0 Å². The summed E-state index contributed by atoms with van der Waals surface area (Å²) in [6.45, 7) is 0. The minimum Gasteiger partial charge on any atom is -0.232 e. The highest BCUT2D eigenvalue weighted by Crippen LogP contribution is 2.44. The summed E-state index contributed by atoms with van der Waals surface area (Å²) in [6, 6.07) is 17.3. The smallest absolute Gasteiger partial charge is 0.177 e. The van der Waals surface area contributed by atoms with Crippen molar-refractivity contribution in [3.05, 3.63) is 71.8 Å². The fourth-order valence-corrected chi connectivity index (χ4v) is 5.28. The molecule has 0 amide bonds. The van der Waals surface area contributed by atoms with E-state index in [0.717, 1.165) is 0 Å². The van der Waals surface area contributed by atoms with Crippen molar-refractivity contribution in [1.29, 1.82) is 0 Å². The largest absolute Gasteiger partial charge is 0.232 e. The van der Waals surface area contributed by atoms with E-state index in [1.165, 1.54) is 0 Å². The van der Waals surface area contributed by atoms with Gasteiger partial charge in [-0.3, -0.25) is 0 Å². The lowest BCUT2D eigenvalue weighted by molar-refractivity contribution is 0.208. The maximum Gasteiger partial charge on any atom is 0.177 e. The van der Waals surface area contributed by atoms with Gasteiger partial charge in [0, 0.05) is 0 Å². The van der Waals surface area contributed by atoms with Gasteiger partial charge in [-0.1, -0.05) is 60.7 Å². The van der Waals surface area contributed by atoms with E-state index in [1.807, 2.05) is 0 Å². The lowest BCUT2D eigenvalue weighted by Gasteiger charge is -2.31. The Morgan fingerprint density at radius 3 is 1.76 bits per heavy atom. The molecule has 1 fully saturated rings. The summed E-state index contributed by atoms with van der Waals surface area (Å²) in [4.78, 5) is 0. The van der Waals surface area contributed by atoms with Gasteiger partial charge in [-0.25, -0.2) is 12.8 Å². The van der Waals surface area contributed by atoms with Gasteiger partial charge in [0.25, 0.3) is 0 Å². The molecule has 2 nitrogen and oxygen atoms in total. The van der Waals surface area contributed by atoms with Crippen LogP contribution in [0, 0.1) is 0 Å². The van der Waals surface area contributed by atoms with Crippen molar-refractivity contribution < 1.29 is 12.8 Å². The van der Waals surface area contributed by atoms with Crippen LogP contribution in [0.4, 0.5) is 4.39 Å². The van der Waals surface area contributed by atoms with E-state index >= 15 is 4.39 Å². The first-order chi connectivity index (χ1) is 10.0. The van der Waals surface area contributed by atoms with Crippen LogP contribution in [0.1, 0.15) is 24.0 Å². The third-order valence-electron chi connectivity index (χ3n) is 4.16. The zero-order valence-electron chi connectivity index (χ0n) is 11.6. The molecule has 0 bridgehead atoms. The lowest BCUT2D eigenvalue weighted by atomic mass is 9.83. The summed E-state index contributed by atoms with van der Waals surface area (Å²) in [5, 5.41) is -1.00. The van der Waals surface area contributed by atoms with Gasteiger partial charge in [-0.05, 0) is 24.0 Å². The average molecular weight is 304 g/mol. The second-order valence-electron chi connectivity index (χ2n) is 5.44. The highest BCUT2D eigenvalue weighted by Gasteiger charge is 2.51. The molecule has 1 aliphatic heterocycles. The van der Waals surface area contributed by atoms with Crippen molar-refractivity contribution in [2.45, 2.75) is 23.8 Å². The molecular formula is C17H17FO2S. The van der Waals surface area contributed by atoms with Crippen LogP contribution in [0.5, 0.6) is 0 Å². The Bertz CT molecular complexity index is 671. The Morgan fingerprint density at radius 1 is 0.905 bits per heavy atom. The first-order valence-electron chi connectivity index (χ1n) is 7.06. The Morgan fingerprint density at radius 2 is 1.38 bits per heavy atom. The van der Waals surface area contributed by atoms with Crippen molar-refractivity contribution in [2.75, 3.05) is 5.75 Å². The molecule has 2 aromatic carbocycles. The zero-order chi connectivity index (χ0) is 14.9. The molecule has 0 N–H and O–H groups in total. The third kappa shape index (κ3) is 2.38. The van der Waals surface area contributed by atoms with E-state index in [-0.39, 0.29) is 5.75 Å². The molecule has 0 spiro atoms. The molecule has 0 unspecified atom stereocenters. The number of alkyl halides is 1. The maximum absolute atomic E-state index is 16.1. The number of hydrogen-bond acceptors (Lipinski definition) is 2. The van der Waals surface area contributed by atoms with Crippen LogP contribution in [0.2, 0.25) is 0 Å². The summed E-state index contributed by atoms with van der Waals surface area (Å²) in [5.41, 5.74) is -1.17. The van der Waals surface area contributed by atoms with Crippen molar-refractivity contribution in [2.24, 2.45) is 0 Å². The molecule has 2 aromatic rings. The standard InChI is InChI=1S/C17H17FO2S/c18-17(14-8-3-1-4-9-14,15-10-5-2-6-11-15)16-12-7-13-21(16,19)20/h1-6,8-11,16H,7,12-13H2/t16-/m0/s1. The van der Waals surface area contributed by atoms with E-state index in [2.05, 4.69) is 0 Å². The second kappa shape index (κ2) is 5.26. The number of hydrogen-bond donors (Lipinski definition) is 0. The number of halogens is 1. The van der Waals surface area contributed by atoms with Crippen molar-refractivity contribution in [3.63, 3.8) is 0 Å². The number of rotatable bonds is 3.